The van der Waals surface area contributed by atoms with E-state index >= 15 is 0 Å². The van der Waals surface area contributed by atoms with Crippen LogP contribution in [0.25, 0.3) is 0 Å². The highest BCUT2D eigenvalue weighted by Crippen LogP contribution is 2.01. The van der Waals surface area contributed by atoms with Gasteiger partial charge in [-0.15, -0.1) is 0 Å². The fraction of sp³-hybridized carbons (Fsp3) is 0.692. The Labute approximate surface area is 103 Å². The van der Waals surface area contributed by atoms with E-state index in [4.69, 9.17) is 9.84 Å². The first-order valence-electron chi connectivity index (χ1n) is 6.19. The van der Waals surface area contributed by atoms with Gasteiger partial charge in [0, 0.05) is 12.8 Å². The Kier molecular flexibility index (Phi) is 10.3. The van der Waals surface area contributed by atoms with Crippen LogP contribution in [-0.2, 0) is 14.3 Å². The van der Waals surface area contributed by atoms with Crippen LogP contribution < -0.4 is 0 Å². The van der Waals surface area contributed by atoms with Crippen molar-refractivity contribution in [2.75, 3.05) is 6.61 Å². The smallest absolute Gasteiger partial charge is 0.305 e. The molecule has 0 aliphatic rings. The summed E-state index contributed by atoms with van der Waals surface area (Å²) in [7, 11) is 0. The molecule has 0 aromatic rings. The van der Waals surface area contributed by atoms with E-state index in [1.165, 1.54) is 0 Å². The molecule has 0 amide bonds. The second kappa shape index (κ2) is 11.2. The van der Waals surface area contributed by atoms with Crippen LogP contribution >= 0.6 is 0 Å². The molecule has 1 N–H and O–H groups in total. The molecule has 0 aliphatic carbocycles. The molecule has 0 aromatic heterocycles. The van der Waals surface area contributed by atoms with Crippen molar-refractivity contribution in [3.05, 3.63) is 12.2 Å². The number of esters is 1. The molecule has 0 spiro atoms. The van der Waals surface area contributed by atoms with Crippen molar-refractivity contribution in [3.8, 4) is 0 Å². The molecule has 0 aliphatic heterocycles. The SMILES string of the molecule is CC/C=C\CCCCOC(=O)CCCC(=O)O. The molecule has 0 rings (SSSR count). The van der Waals surface area contributed by atoms with Crippen molar-refractivity contribution in [1.29, 1.82) is 0 Å². The van der Waals surface area contributed by atoms with Gasteiger partial charge in [-0.25, -0.2) is 0 Å². The predicted octanol–water partition coefficient (Wildman–Crippen LogP) is 2.92. The maximum atomic E-state index is 11.1. The van der Waals surface area contributed by atoms with Gasteiger partial charge in [0.2, 0.25) is 0 Å². The van der Waals surface area contributed by atoms with Crippen molar-refractivity contribution in [2.45, 2.75) is 51.9 Å². The first-order chi connectivity index (χ1) is 8.16. The first kappa shape index (κ1) is 15.7. The van der Waals surface area contributed by atoms with Gasteiger partial charge in [-0.2, -0.15) is 0 Å². The molecular formula is C13H22O4. The van der Waals surface area contributed by atoms with Crippen LogP contribution in [-0.4, -0.2) is 23.7 Å². The van der Waals surface area contributed by atoms with Gasteiger partial charge < -0.3 is 9.84 Å². The maximum absolute atomic E-state index is 11.1. The lowest BCUT2D eigenvalue weighted by Crippen LogP contribution is -2.06. The second-order valence-corrected chi connectivity index (χ2v) is 3.84. The number of carboxylic acids is 1. The number of rotatable bonds is 10. The van der Waals surface area contributed by atoms with Gasteiger partial charge in [-0.05, 0) is 32.1 Å². The van der Waals surface area contributed by atoms with Crippen molar-refractivity contribution in [1.82, 2.24) is 0 Å². The Morgan fingerprint density at radius 2 is 1.88 bits per heavy atom. The van der Waals surface area contributed by atoms with E-state index in [1.807, 2.05) is 0 Å². The number of allylic oxidation sites excluding steroid dienone is 2. The van der Waals surface area contributed by atoms with Gasteiger partial charge in [-0.1, -0.05) is 19.1 Å². The van der Waals surface area contributed by atoms with E-state index in [0.29, 0.717) is 13.0 Å². The molecule has 4 heteroatoms. The molecule has 0 atom stereocenters. The Morgan fingerprint density at radius 1 is 1.12 bits per heavy atom. The Balaban J connectivity index is 3.27. The van der Waals surface area contributed by atoms with Gasteiger partial charge in [0.25, 0.3) is 0 Å². The fourth-order valence-electron chi connectivity index (χ4n) is 1.29. The van der Waals surface area contributed by atoms with Gasteiger partial charge in [0.05, 0.1) is 6.61 Å². The summed E-state index contributed by atoms with van der Waals surface area (Å²) in [6.45, 7) is 2.53. The summed E-state index contributed by atoms with van der Waals surface area (Å²) >= 11 is 0. The minimum absolute atomic E-state index is 0.0247. The fourth-order valence-corrected chi connectivity index (χ4v) is 1.29. The highest BCUT2D eigenvalue weighted by atomic mass is 16.5. The van der Waals surface area contributed by atoms with Gasteiger partial charge in [-0.3, -0.25) is 9.59 Å². The molecule has 0 saturated heterocycles. The molecular weight excluding hydrogens is 220 g/mol. The molecule has 0 aromatic carbocycles. The Bertz CT molecular complexity index is 246. The number of hydrogen-bond acceptors (Lipinski definition) is 3. The first-order valence-corrected chi connectivity index (χ1v) is 6.19. The lowest BCUT2D eigenvalue weighted by atomic mass is 10.2. The molecule has 0 bridgehead atoms. The second-order valence-electron chi connectivity index (χ2n) is 3.84. The van der Waals surface area contributed by atoms with Crippen LogP contribution in [0, 0.1) is 0 Å². The number of aliphatic carboxylic acids is 1. The molecule has 0 unspecified atom stereocenters. The molecule has 98 valence electrons. The van der Waals surface area contributed by atoms with Crippen molar-refractivity contribution in [2.24, 2.45) is 0 Å². The third-order valence-corrected chi connectivity index (χ3v) is 2.20. The lowest BCUT2D eigenvalue weighted by molar-refractivity contribution is -0.144. The number of carbonyl (C=O) groups is 2. The molecule has 4 nitrogen and oxygen atoms in total. The van der Waals surface area contributed by atoms with E-state index in [2.05, 4.69) is 19.1 Å². The Hall–Kier alpha value is -1.32. The van der Waals surface area contributed by atoms with Crippen LogP contribution in [0.15, 0.2) is 12.2 Å². The summed E-state index contributed by atoms with van der Waals surface area (Å²) in [5, 5.41) is 8.38. The van der Waals surface area contributed by atoms with Crippen LogP contribution in [0.3, 0.4) is 0 Å². The van der Waals surface area contributed by atoms with Crippen LogP contribution in [0.5, 0.6) is 0 Å². The number of carbonyl (C=O) groups excluding carboxylic acids is 1. The summed E-state index contributed by atoms with van der Waals surface area (Å²) in [6, 6.07) is 0. The predicted molar refractivity (Wildman–Crippen MR) is 65.7 cm³/mol. The van der Waals surface area contributed by atoms with Crippen molar-refractivity contribution in [3.63, 3.8) is 0 Å². The van der Waals surface area contributed by atoms with Crippen LogP contribution in [0.1, 0.15) is 51.9 Å². The quantitative estimate of drug-likeness (QED) is 0.363. The zero-order chi connectivity index (χ0) is 12.9. The average molecular weight is 242 g/mol. The summed E-state index contributed by atoms with van der Waals surface area (Å²) in [4.78, 5) is 21.3. The average Bonchev–Trinajstić information content (AvgIpc) is 2.27. The summed E-state index contributed by atoms with van der Waals surface area (Å²) in [5.74, 6) is -1.17. The van der Waals surface area contributed by atoms with E-state index in [-0.39, 0.29) is 18.8 Å². The van der Waals surface area contributed by atoms with E-state index in [1.54, 1.807) is 0 Å². The zero-order valence-electron chi connectivity index (χ0n) is 10.5. The molecule has 0 heterocycles. The van der Waals surface area contributed by atoms with E-state index < -0.39 is 5.97 Å². The third-order valence-electron chi connectivity index (χ3n) is 2.20. The monoisotopic (exact) mass is 242 g/mol. The van der Waals surface area contributed by atoms with Gasteiger partial charge >= 0.3 is 11.9 Å². The van der Waals surface area contributed by atoms with E-state index in [0.717, 1.165) is 25.7 Å². The van der Waals surface area contributed by atoms with E-state index in [9.17, 15) is 9.59 Å². The highest BCUT2D eigenvalue weighted by Gasteiger charge is 2.04. The maximum Gasteiger partial charge on any atom is 0.305 e. The summed E-state index contributed by atoms with van der Waals surface area (Å²) < 4.78 is 4.97. The molecule has 0 fully saturated rings. The summed E-state index contributed by atoms with van der Waals surface area (Å²) in [6.07, 6.45) is 8.78. The number of ether oxygens (including phenoxy) is 1. The molecule has 0 radical (unpaired) electrons. The number of unbranched alkanes of at least 4 members (excludes halogenated alkanes) is 2. The zero-order valence-corrected chi connectivity index (χ0v) is 10.5. The lowest BCUT2D eigenvalue weighted by Gasteiger charge is -2.03. The van der Waals surface area contributed by atoms with Gasteiger partial charge in [0.15, 0.2) is 0 Å². The van der Waals surface area contributed by atoms with Crippen molar-refractivity contribution >= 4 is 11.9 Å². The minimum atomic E-state index is -0.875. The van der Waals surface area contributed by atoms with Crippen LogP contribution in [0.2, 0.25) is 0 Å². The van der Waals surface area contributed by atoms with Crippen molar-refractivity contribution < 1.29 is 19.4 Å². The molecule has 17 heavy (non-hydrogen) atoms. The Morgan fingerprint density at radius 3 is 2.53 bits per heavy atom. The minimum Gasteiger partial charge on any atom is -0.481 e. The third kappa shape index (κ3) is 12.6. The highest BCUT2D eigenvalue weighted by molar-refractivity contribution is 5.71. The molecule has 0 saturated carbocycles. The number of hydrogen-bond donors (Lipinski definition) is 1. The largest absolute Gasteiger partial charge is 0.481 e. The van der Waals surface area contributed by atoms with Crippen LogP contribution in [0.4, 0.5) is 0 Å². The normalized spacial score (nSPS) is 10.6. The summed E-state index contributed by atoms with van der Waals surface area (Å²) in [5.41, 5.74) is 0. The van der Waals surface area contributed by atoms with Gasteiger partial charge in [0.1, 0.15) is 0 Å². The topological polar surface area (TPSA) is 63.6 Å². The number of carboxylic acid groups (broad SMARTS) is 1. The standard InChI is InChI=1S/C13H22O4/c1-2-3-4-5-6-7-11-17-13(16)10-8-9-12(14)15/h3-4H,2,5-11H2,1H3,(H,14,15)/b4-3-.